The second-order valence-electron chi connectivity index (χ2n) is 9.25. The Morgan fingerprint density at radius 1 is 1.25 bits per heavy atom. The normalized spacial score (nSPS) is 41.0. The molecule has 28 heavy (non-hydrogen) atoms. The lowest BCUT2D eigenvalue weighted by molar-refractivity contribution is -0.139. The Morgan fingerprint density at radius 3 is 2.86 bits per heavy atom. The molecule has 0 radical (unpaired) electrons. The molecule has 0 bridgehead atoms. The number of carbonyl (C=O) groups excluding carboxylic acids is 2. The Hall–Kier alpha value is -1.17. The summed E-state index contributed by atoms with van der Waals surface area (Å²) in [4.78, 5) is 32.2. The molecule has 0 spiro atoms. The van der Waals surface area contributed by atoms with Gasteiger partial charge in [0.25, 0.3) is 0 Å². The summed E-state index contributed by atoms with van der Waals surface area (Å²) in [5.74, 6) is -0.199. The average Bonchev–Trinajstić information content (AvgIpc) is 3.19. The Kier molecular flexibility index (Phi) is 5.96. The van der Waals surface area contributed by atoms with Gasteiger partial charge in [0.15, 0.2) is 0 Å². The first-order valence-electron chi connectivity index (χ1n) is 10.8. The van der Waals surface area contributed by atoms with E-state index >= 15 is 0 Å². The molecule has 4 aliphatic rings. The number of aliphatic imine (C=N–C) groups is 1. The number of alkyl halides is 2. The van der Waals surface area contributed by atoms with Gasteiger partial charge in [-0.1, -0.05) is 0 Å². The van der Waals surface area contributed by atoms with Crippen molar-refractivity contribution in [2.45, 2.75) is 81.9 Å². The first kappa shape index (κ1) is 20.1. The van der Waals surface area contributed by atoms with Crippen molar-refractivity contribution >= 4 is 29.1 Å². The van der Waals surface area contributed by atoms with Crippen molar-refractivity contribution in [2.75, 3.05) is 13.1 Å². The summed E-state index contributed by atoms with van der Waals surface area (Å²) in [5.41, 5.74) is 1.23. The van der Waals surface area contributed by atoms with Crippen molar-refractivity contribution in [2.24, 2.45) is 22.7 Å². The highest BCUT2D eigenvalue weighted by atomic mass is 35.5. The Morgan fingerprint density at radius 2 is 2.07 bits per heavy atom. The monoisotopic (exact) mass is 411 g/mol. The molecular formula is C21H31ClFN3O2. The summed E-state index contributed by atoms with van der Waals surface area (Å²) in [7, 11) is 0. The molecular weight excluding hydrogens is 381 g/mol. The maximum Gasteiger partial charge on any atom is 0.235 e. The zero-order chi connectivity index (χ0) is 19.8. The van der Waals surface area contributed by atoms with Crippen molar-refractivity contribution in [3.63, 3.8) is 0 Å². The maximum absolute atomic E-state index is 13.7. The SMILES string of the molecule is CC1=NC2CCC(N3CCC(C(=O)NCC4CC(F)CC(Cl)C4)C3=O)CC2C1. The van der Waals surface area contributed by atoms with Crippen LogP contribution in [0.25, 0.3) is 0 Å². The minimum Gasteiger partial charge on any atom is -0.355 e. The van der Waals surface area contributed by atoms with Crippen LogP contribution in [0.5, 0.6) is 0 Å². The lowest BCUT2D eigenvalue weighted by Crippen LogP contribution is -2.45. The first-order chi connectivity index (χ1) is 13.4. The van der Waals surface area contributed by atoms with Crippen molar-refractivity contribution < 1.29 is 14.0 Å². The van der Waals surface area contributed by atoms with E-state index in [0.29, 0.717) is 44.3 Å². The summed E-state index contributed by atoms with van der Waals surface area (Å²) in [6.07, 6.45) is 5.33. The van der Waals surface area contributed by atoms with Crippen LogP contribution in [-0.4, -0.2) is 59.1 Å². The molecule has 4 rings (SSSR count). The fourth-order valence-corrected chi connectivity index (χ4v) is 6.19. The topological polar surface area (TPSA) is 61.8 Å². The molecule has 156 valence electrons. The largest absolute Gasteiger partial charge is 0.355 e. The van der Waals surface area contributed by atoms with Crippen molar-refractivity contribution in [3.05, 3.63) is 0 Å². The smallest absolute Gasteiger partial charge is 0.235 e. The quantitative estimate of drug-likeness (QED) is 0.570. The Bertz CT molecular complexity index is 648. The predicted molar refractivity (Wildman–Crippen MR) is 107 cm³/mol. The van der Waals surface area contributed by atoms with E-state index in [1.807, 2.05) is 4.90 Å². The standard InChI is InChI=1S/C21H31ClFN3O2/c1-12-6-14-9-17(2-3-19(14)25-12)26-5-4-18(21(26)28)20(27)24-11-13-7-15(22)10-16(23)8-13/h13-19H,2-11H2,1H3,(H,24,27). The molecule has 2 saturated carbocycles. The highest BCUT2D eigenvalue weighted by molar-refractivity contribution is 6.20. The molecule has 2 aliphatic heterocycles. The van der Waals surface area contributed by atoms with E-state index in [1.165, 1.54) is 5.71 Å². The number of fused-ring (bicyclic) bond motifs is 1. The lowest BCUT2D eigenvalue weighted by Gasteiger charge is -2.36. The first-order valence-corrected chi connectivity index (χ1v) is 11.2. The van der Waals surface area contributed by atoms with E-state index in [-0.39, 0.29) is 29.2 Å². The molecule has 1 N–H and O–H groups in total. The van der Waals surface area contributed by atoms with Gasteiger partial charge in [-0.05, 0) is 70.1 Å². The zero-order valence-electron chi connectivity index (χ0n) is 16.6. The summed E-state index contributed by atoms with van der Waals surface area (Å²) < 4.78 is 13.7. The molecule has 7 atom stereocenters. The molecule has 1 saturated heterocycles. The number of nitrogens with one attached hydrogen (secondary N) is 1. The van der Waals surface area contributed by atoms with Crippen LogP contribution < -0.4 is 5.32 Å². The van der Waals surface area contributed by atoms with Gasteiger partial charge in [-0.15, -0.1) is 11.6 Å². The highest BCUT2D eigenvalue weighted by Gasteiger charge is 2.43. The number of rotatable bonds is 4. The van der Waals surface area contributed by atoms with Crippen LogP contribution in [0.1, 0.15) is 58.3 Å². The average molecular weight is 412 g/mol. The molecule has 2 aliphatic carbocycles. The van der Waals surface area contributed by atoms with Gasteiger partial charge in [-0.2, -0.15) is 0 Å². The summed E-state index contributed by atoms with van der Waals surface area (Å²) in [6, 6.07) is 0.684. The Balaban J connectivity index is 1.27. The van der Waals surface area contributed by atoms with Gasteiger partial charge in [-0.3, -0.25) is 14.6 Å². The fraction of sp³-hybridized carbons (Fsp3) is 0.857. The van der Waals surface area contributed by atoms with Crippen LogP contribution in [0.2, 0.25) is 0 Å². The summed E-state index contributed by atoms with van der Waals surface area (Å²) in [5, 5.41) is 2.74. The number of halogens is 2. The van der Waals surface area contributed by atoms with E-state index in [2.05, 4.69) is 12.2 Å². The van der Waals surface area contributed by atoms with Crippen LogP contribution >= 0.6 is 11.6 Å². The van der Waals surface area contributed by atoms with Gasteiger partial charge in [0.2, 0.25) is 11.8 Å². The third-order valence-corrected chi connectivity index (χ3v) is 7.47. The molecule has 3 fully saturated rings. The third kappa shape index (κ3) is 4.22. The number of hydrogen-bond donors (Lipinski definition) is 1. The predicted octanol–water partition coefficient (Wildman–Crippen LogP) is 3.10. The molecule has 0 aromatic rings. The molecule has 5 nitrogen and oxygen atoms in total. The van der Waals surface area contributed by atoms with Crippen LogP contribution in [0.15, 0.2) is 4.99 Å². The van der Waals surface area contributed by atoms with Crippen LogP contribution in [0, 0.1) is 17.8 Å². The number of amides is 2. The third-order valence-electron chi connectivity index (χ3n) is 7.11. The molecule has 7 heteroatoms. The molecule has 2 amide bonds. The Labute approximate surface area is 171 Å². The molecule has 0 aromatic heterocycles. The minimum absolute atomic E-state index is 0.0289. The van der Waals surface area contributed by atoms with Gasteiger partial charge in [0.05, 0.1) is 6.04 Å². The van der Waals surface area contributed by atoms with E-state index in [0.717, 1.165) is 32.1 Å². The molecule has 2 heterocycles. The van der Waals surface area contributed by atoms with Crippen molar-refractivity contribution in [3.8, 4) is 0 Å². The van der Waals surface area contributed by atoms with Crippen LogP contribution in [0.3, 0.4) is 0 Å². The highest BCUT2D eigenvalue weighted by Crippen LogP contribution is 2.38. The van der Waals surface area contributed by atoms with Crippen molar-refractivity contribution in [1.29, 1.82) is 0 Å². The number of likely N-dealkylation sites (tertiary alicyclic amines) is 1. The summed E-state index contributed by atoms with van der Waals surface area (Å²) >= 11 is 6.10. The van der Waals surface area contributed by atoms with E-state index < -0.39 is 12.1 Å². The summed E-state index contributed by atoms with van der Waals surface area (Å²) in [6.45, 7) is 3.17. The van der Waals surface area contributed by atoms with E-state index in [1.54, 1.807) is 0 Å². The maximum atomic E-state index is 13.7. The number of carbonyl (C=O) groups is 2. The van der Waals surface area contributed by atoms with Crippen LogP contribution in [0.4, 0.5) is 4.39 Å². The minimum atomic E-state index is -0.889. The fourth-order valence-electron chi connectivity index (χ4n) is 5.74. The second-order valence-corrected chi connectivity index (χ2v) is 9.87. The van der Waals surface area contributed by atoms with Gasteiger partial charge < -0.3 is 10.2 Å². The zero-order valence-corrected chi connectivity index (χ0v) is 17.3. The molecule has 7 unspecified atom stereocenters. The van der Waals surface area contributed by atoms with Crippen LogP contribution in [-0.2, 0) is 9.59 Å². The van der Waals surface area contributed by atoms with Gasteiger partial charge in [0.1, 0.15) is 12.1 Å². The lowest BCUT2D eigenvalue weighted by atomic mass is 9.81. The second kappa shape index (κ2) is 8.29. The van der Waals surface area contributed by atoms with Gasteiger partial charge in [-0.25, -0.2) is 4.39 Å². The van der Waals surface area contributed by atoms with Gasteiger partial charge in [0, 0.05) is 30.2 Å². The number of nitrogens with zero attached hydrogens (tertiary/aromatic N) is 2. The molecule has 0 aromatic carbocycles. The number of hydrogen-bond acceptors (Lipinski definition) is 3. The van der Waals surface area contributed by atoms with E-state index in [9.17, 15) is 14.0 Å². The van der Waals surface area contributed by atoms with Crippen molar-refractivity contribution in [1.82, 2.24) is 10.2 Å². The van der Waals surface area contributed by atoms with Gasteiger partial charge >= 0.3 is 0 Å². The van der Waals surface area contributed by atoms with E-state index in [4.69, 9.17) is 16.6 Å².